The molecule has 0 bridgehead atoms. The standard InChI is InChI=1S/C32H25F2N5O5S/c1-19(40)6-9-29(41)39-12-10-20(11-13-39)30-23(16-35)18-36-27-8-7-21(14-24(27)30)22-15-28(32(44-2)37-17-22)38-45(42,43)31-25(33)4-3-5-26(31)34/h3-10,14-15,17-18,38H,11-13H2,1-2H3. The Morgan fingerprint density at radius 2 is 1.82 bits per heavy atom. The van der Waals surface area contributed by atoms with Gasteiger partial charge in [0.2, 0.25) is 11.8 Å². The highest BCUT2D eigenvalue weighted by atomic mass is 32.2. The summed E-state index contributed by atoms with van der Waals surface area (Å²) in [6.07, 6.45) is 7.68. The van der Waals surface area contributed by atoms with Crippen LogP contribution in [0.1, 0.15) is 24.5 Å². The Bertz CT molecular complexity index is 2050. The number of methoxy groups -OCH3 is 1. The van der Waals surface area contributed by atoms with E-state index >= 15 is 0 Å². The fraction of sp³-hybridized carbons (Fsp3) is 0.156. The van der Waals surface area contributed by atoms with Gasteiger partial charge in [0.25, 0.3) is 10.0 Å². The third-order valence-electron chi connectivity index (χ3n) is 7.10. The number of sulfonamides is 1. The molecule has 13 heteroatoms. The van der Waals surface area contributed by atoms with Crippen molar-refractivity contribution in [2.45, 2.75) is 18.2 Å². The molecule has 1 aliphatic heterocycles. The SMILES string of the molecule is COc1ncc(-c2ccc3ncc(C#N)c(C4=CCN(C(=O)C=CC(C)=O)CC4)c3c2)cc1NS(=O)(=O)c1c(F)cccc1F. The smallest absolute Gasteiger partial charge is 0.267 e. The highest BCUT2D eigenvalue weighted by Gasteiger charge is 2.26. The maximum absolute atomic E-state index is 14.3. The number of rotatable bonds is 8. The van der Waals surface area contributed by atoms with Gasteiger partial charge in [-0.1, -0.05) is 18.2 Å². The predicted molar refractivity (Wildman–Crippen MR) is 162 cm³/mol. The molecule has 0 saturated heterocycles. The molecule has 228 valence electrons. The lowest BCUT2D eigenvalue weighted by atomic mass is 9.91. The molecule has 45 heavy (non-hydrogen) atoms. The fourth-order valence-electron chi connectivity index (χ4n) is 4.97. The molecule has 1 aliphatic rings. The van der Waals surface area contributed by atoms with Crippen LogP contribution in [-0.2, 0) is 19.6 Å². The quantitative estimate of drug-likeness (QED) is 0.268. The second kappa shape index (κ2) is 12.6. The van der Waals surface area contributed by atoms with Gasteiger partial charge in [-0.25, -0.2) is 22.2 Å². The molecule has 2 aromatic carbocycles. The Morgan fingerprint density at radius 1 is 1.07 bits per heavy atom. The number of ether oxygens (including phenoxy) is 1. The maximum Gasteiger partial charge on any atom is 0.267 e. The molecule has 0 saturated carbocycles. The Hall–Kier alpha value is -5.48. The second-order valence-corrected chi connectivity index (χ2v) is 11.7. The van der Waals surface area contributed by atoms with Crippen molar-refractivity contribution in [2.75, 3.05) is 24.9 Å². The van der Waals surface area contributed by atoms with E-state index in [0.717, 1.165) is 23.8 Å². The highest BCUT2D eigenvalue weighted by Crippen LogP contribution is 2.36. The van der Waals surface area contributed by atoms with Crippen molar-refractivity contribution in [3.8, 4) is 23.1 Å². The van der Waals surface area contributed by atoms with Crippen molar-refractivity contribution < 1.29 is 31.5 Å². The number of ketones is 1. The number of nitriles is 1. The van der Waals surface area contributed by atoms with Crippen LogP contribution in [0, 0.1) is 23.0 Å². The Morgan fingerprint density at radius 3 is 2.47 bits per heavy atom. The van der Waals surface area contributed by atoms with E-state index < -0.39 is 26.6 Å². The first-order valence-electron chi connectivity index (χ1n) is 13.5. The van der Waals surface area contributed by atoms with E-state index in [1.165, 1.54) is 44.6 Å². The summed E-state index contributed by atoms with van der Waals surface area (Å²) in [6.45, 7) is 2.01. The lowest BCUT2D eigenvalue weighted by Crippen LogP contribution is -2.33. The number of hydrogen-bond acceptors (Lipinski definition) is 8. The minimum absolute atomic E-state index is 0.126. The average molecular weight is 630 g/mol. The molecule has 1 amide bonds. The van der Waals surface area contributed by atoms with E-state index in [4.69, 9.17) is 4.74 Å². The number of pyridine rings is 2. The van der Waals surface area contributed by atoms with Gasteiger partial charge in [0.15, 0.2) is 10.7 Å². The molecule has 0 radical (unpaired) electrons. The molecule has 4 aromatic rings. The molecule has 1 N–H and O–H groups in total. The minimum atomic E-state index is -4.71. The van der Waals surface area contributed by atoms with Gasteiger partial charge in [0.1, 0.15) is 23.4 Å². The number of benzene rings is 2. The number of fused-ring (bicyclic) bond motifs is 1. The van der Waals surface area contributed by atoms with Crippen LogP contribution in [-0.4, -0.2) is 55.2 Å². The number of aromatic nitrogens is 2. The van der Waals surface area contributed by atoms with Gasteiger partial charge in [0.05, 0.1) is 18.2 Å². The molecule has 5 rings (SSSR count). The van der Waals surface area contributed by atoms with E-state index in [2.05, 4.69) is 20.8 Å². The number of carbonyl (C=O) groups excluding carboxylic acids is 2. The zero-order chi connectivity index (χ0) is 32.3. The van der Waals surface area contributed by atoms with Crippen LogP contribution in [0.4, 0.5) is 14.5 Å². The molecule has 10 nitrogen and oxygen atoms in total. The Kier molecular flexibility index (Phi) is 8.69. The lowest BCUT2D eigenvalue weighted by molar-refractivity contribution is -0.126. The maximum atomic E-state index is 14.3. The van der Waals surface area contributed by atoms with Crippen LogP contribution in [0.2, 0.25) is 0 Å². The van der Waals surface area contributed by atoms with E-state index in [-0.39, 0.29) is 29.8 Å². The highest BCUT2D eigenvalue weighted by molar-refractivity contribution is 7.92. The summed E-state index contributed by atoms with van der Waals surface area (Å²) in [5, 5.41) is 10.6. The van der Waals surface area contributed by atoms with Crippen LogP contribution < -0.4 is 9.46 Å². The molecule has 0 fully saturated rings. The van der Waals surface area contributed by atoms with Crippen LogP contribution in [0.15, 0.2) is 78.0 Å². The monoisotopic (exact) mass is 629 g/mol. The molecule has 0 aliphatic carbocycles. The van der Waals surface area contributed by atoms with Crippen LogP contribution in [0.25, 0.3) is 27.6 Å². The van der Waals surface area contributed by atoms with Crippen molar-refractivity contribution in [2.24, 2.45) is 0 Å². The summed E-state index contributed by atoms with van der Waals surface area (Å²) in [5.74, 6) is -3.17. The molecule has 2 aromatic heterocycles. The molecule has 0 spiro atoms. The minimum Gasteiger partial charge on any atom is -0.480 e. The summed E-state index contributed by atoms with van der Waals surface area (Å²) in [6, 6.07) is 11.6. The topological polar surface area (TPSA) is 142 Å². The van der Waals surface area contributed by atoms with Crippen LogP contribution >= 0.6 is 0 Å². The number of halogens is 2. The fourth-order valence-corrected chi connectivity index (χ4v) is 6.16. The first-order valence-corrected chi connectivity index (χ1v) is 15.0. The van der Waals surface area contributed by atoms with Crippen molar-refractivity contribution in [1.82, 2.24) is 14.9 Å². The molecular formula is C32H25F2N5O5S. The number of amides is 1. The van der Waals surface area contributed by atoms with Crippen molar-refractivity contribution in [1.29, 1.82) is 5.26 Å². The number of carbonyl (C=O) groups is 2. The lowest BCUT2D eigenvalue weighted by Gasteiger charge is -2.26. The van der Waals surface area contributed by atoms with Crippen LogP contribution in [0.5, 0.6) is 5.88 Å². The summed E-state index contributed by atoms with van der Waals surface area (Å²) < 4.78 is 62.0. The second-order valence-electron chi connectivity index (χ2n) is 10.0. The largest absolute Gasteiger partial charge is 0.480 e. The third kappa shape index (κ3) is 6.41. The van der Waals surface area contributed by atoms with Gasteiger partial charge in [-0.2, -0.15) is 5.26 Å². The number of allylic oxidation sites excluding steroid dienone is 1. The van der Waals surface area contributed by atoms with Crippen LogP contribution in [0.3, 0.4) is 0 Å². The normalized spacial score (nSPS) is 13.4. The Balaban J connectivity index is 1.54. The van der Waals surface area contributed by atoms with E-state index in [9.17, 15) is 32.0 Å². The molecule has 0 unspecified atom stereocenters. The summed E-state index contributed by atoms with van der Waals surface area (Å²) in [4.78, 5) is 32.7. The average Bonchev–Trinajstić information content (AvgIpc) is 3.02. The van der Waals surface area contributed by atoms with Gasteiger partial charge >= 0.3 is 0 Å². The molecule has 0 atom stereocenters. The third-order valence-corrected chi connectivity index (χ3v) is 8.52. The number of hydrogen-bond donors (Lipinski definition) is 1. The summed E-state index contributed by atoms with van der Waals surface area (Å²) in [7, 11) is -3.44. The summed E-state index contributed by atoms with van der Waals surface area (Å²) >= 11 is 0. The summed E-state index contributed by atoms with van der Waals surface area (Å²) in [5.41, 5.74) is 3.27. The molecule has 3 heterocycles. The van der Waals surface area contributed by atoms with Crippen molar-refractivity contribution in [3.05, 3.63) is 95.8 Å². The van der Waals surface area contributed by atoms with Crippen molar-refractivity contribution in [3.63, 3.8) is 0 Å². The Labute approximate surface area is 257 Å². The first kappa shape index (κ1) is 31.0. The number of anilines is 1. The number of nitrogens with one attached hydrogen (secondary N) is 1. The van der Waals surface area contributed by atoms with Gasteiger partial charge in [-0.15, -0.1) is 0 Å². The zero-order valence-corrected chi connectivity index (χ0v) is 24.9. The van der Waals surface area contributed by atoms with Gasteiger partial charge in [-0.05, 0) is 60.9 Å². The van der Waals surface area contributed by atoms with Gasteiger partial charge in [-0.3, -0.25) is 19.3 Å². The molecular weight excluding hydrogens is 604 g/mol. The van der Waals surface area contributed by atoms with E-state index in [1.54, 1.807) is 23.1 Å². The number of nitrogens with zero attached hydrogens (tertiary/aromatic N) is 4. The zero-order valence-electron chi connectivity index (χ0n) is 24.0. The first-order chi connectivity index (χ1) is 21.5. The van der Waals surface area contributed by atoms with Gasteiger partial charge < -0.3 is 9.64 Å². The van der Waals surface area contributed by atoms with Gasteiger partial charge in [0, 0.05) is 48.1 Å². The van der Waals surface area contributed by atoms with E-state index in [0.29, 0.717) is 46.1 Å². The van der Waals surface area contributed by atoms with Crippen molar-refractivity contribution >= 4 is 43.9 Å². The van der Waals surface area contributed by atoms with E-state index in [1.807, 2.05) is 6.08 Å². The predicted octanol–water partition coefficient (Wildman–Crippen LogP) is 5.02.